The van der Waals surface area contributed by atoms with Gasteiger partial charge in [-0.3, -0.25) is 24.3 Å². The number of nitrogens with one attached hydrogen (secondary N) is 1. The second-order valence-corrected chi connectivity index (χ2v) is 9.31. The summed E-state index contributed by atoms with van der Waals surface area (Å²) in [7, 11) is 0. The molecule has 5 rings (SSSR count). The molecule has 36 heavy (non-hydrogen) atoms. The van der Waals surface area contributed by atoms with E-state index in [0.717, 1.165) is 58.1 Å². The molecule has 1 aromatic heterocycles. The highest BCUT2D eigenvalue weighted by molar-refractivity contribution is 8.18. The monoisotopic (exact) mass is 509 g/mol. The van der Waals surface area contributed by atoms with Gasteiger partial charge >= 0.3 is 6.61 Å². The molecule has 10 heteroatoms. The zero-order valence-electron chi connectivity index (χ0n) is 19.0. The third-order valence-corrected chi connectivity index (χ3v) is 6.95. The molecule has 3 amide bonds. The number of carbonyl (C=O) groups is 3. The largest absolute Gasteiger partial charge is 0.435 e. The van der Waals surface area contributed by atoms with Gasteiger partial charge in [-0.05, 0) is 66.4 Å². The van der Waals surface area contributed by atoms with Gasteiger partial charge in [-0.1, -0.05) is 30.3 Å². The standard InChI is InChI=1S/C26H21F2N3O4S/c27-25(28)35-16-10-8-15(9-11-16)14-21-24(33)31(26(34)36-21)13-12-29-23(32)22-17-4-1-2-6-19(17)30-20-7-3-5-18(20)22/h1-2,4,6,8-11,14,25H,3,5,7,12-13H2,(H,29,32). The predicted octanol–water partition coefficient (Wildman–Crippen LogP) is 4.79. The zero-order chi connectivity index (χ0) is 25.2. The van der Waals surface area contributed by atoms with Crippen LogP contribution in [0, 0.1) is 0 Å². The van der Waals surface area contributed by atoms with Crippen LogP contribution < -0.4 is 10.1 Å². The van der Waals surface area contributed by atoms with Crippen LogP contribution in [-0.2, 0) is 17.6 Å². The third-order valence-electron chi connectivity index (χ3n) is 6.04. The average molecular weight is 510 g/mol. The molecule has 0 spiro atoms. The third kappa shape index (κ3) is 4.81. The Kier molecular flexibility index (Phi) is 6.69. The van der Waals surface area contributed by atoms with Crippen LogP contribution in [0.5, 0.6) is 5.75 Å². The first-order chi connectivity index (χ1) is 17.4. The fourth-order valence-electron chi connectivity index (χ4n) is 4.43. The van der Waals surface area contributed by atoms with Gasteiger partial charge in [0.2, 0.25) is 0 Å². The molecule has 0 atom stereocenters. The van der Waals surface area contributed by atoms with E-state index in [1.165, 1.54) is 30.3 Å². The lowest BCUT2D eigenvalue weighted by atomic mass is 10.0. The Morgan fingerprint density at radius 1 is 1.14 bits per heavy atom. The number of hydrogen-bond donors (Lipinski definition) is 1. The van der Waals surface area contributed by atoms with E-state index in [9.17, 15) is 23.2 Å². The Hall–Kier alpha value is -3.79. The molecule has 0 unspecified atom stereocenters. The zero-order valence-corrected chi connectivity index (χ0v) is 19.8. The number of ether oxygens (including phenoxy) is 1. The first kappa shape index (κ1) is 23.9. The molecule has 7 nitrogen and oxygen atoms in total. The van der Waals surface area contributed by atoms with Crippen molar-refractivity contribution in [2.45, 2.75) is 25.9 Å². The minimum Gasteiger partial charge on any atom is -0.435 e. The number of alkyl halides is 2. The van der Waals surface area contributed by atoms with Gasteiger partial charge in [0.05, 0.1) is 16.0 Å². The van der Waals surface area contributed by atoms with Crippen molar-refractivity contribution >= 4 is 45.8 Å². The summed E-state index contributed by atoms with van der Waals surface area (Å²) in [6.07, 6.45) is 4.09. The van der Waals surface area contributed by atoms with E-state index < -0.39 is 17.8 Å². The molecule has 1 N–H and O–H groups in total. The molecule has 0 radical (unpaired) electrons. The maximum Gasteiger partial charge on any atom is 0.387 e. The molecule has 1 saturated heterocycles. The second kappa shape index (κ2) is 10.1. The molecule has 2 heterocycles. The summed E-state index contributed by atoms with van der Waals surface area (Å²) >= 11 is 0.791. The first-order valence-electron chi connectivity index (χ1n) is 11.4. The summed E-state index contributed by atoms with van der Waals surface area (Å²) in [5.74, 6) is -0.721. The Morgan fingerprint density at radius 2 is 1.92 bits per heavy atom. The molecule has 2 aromatic carbocycles. The van der Waals surface area contributed by atoms with E-state index in [1.807, 2.05) is 24.3 Å². The fraction of sp³-hybridized carbons (Fsp3) is 0.231. The number of para-hydroxylation sites is 1. The van der Waals surface area contributed by atoms with Crippen molar-refractivity contribution in [1.82, 2.24) is 15.2 Å². The number of imide groups is 1. The molecule has 1 aliphatic carbocycles. The SMILES string of the molecule is O=C(NCCN1C(=O)SC(=Cc2ccc(OC(F)F)cc2)C1=O)c1c2c(nc3ccccc13)CCC2. The number of benzene rings is 2. The van der Waals surface area contributed by atoms with E-state index in [2.05, 4.69) is 10.1 Å². The molecule has 1 aliphatic heterocycles. The number of aryl methyl sites for hydroxylation is 1. The maximum absolute atomic E-state index is 13.2. The summed E-state index contributed by atoms with van der Waals surface area (Å²) in [6, 6.07) is 13.3. The quantitative estimate of drug-likeness (QED) is 0.461. The highest BCUT2D eigenvalue weighted by Crippen LogP contribution is 2.33. The number of hydrogen-bond acceptors (Lipinski definition) is 6. The van der Waals surface area contributed by atoms with Crippen LogP contribution in [0.1, 0.15) is 33.6 Å². The highest BCUT2D eigenvalue weighted by Gasteiger charge is 2.35. The van der Waals surface area contributed by atoms with E-state index in [4.69, 9.17) is 4.98 Å². The maximum atomic E-state index is 13.2. The Bertz CT molecular complexity index is 1390. The summed E-state index contributed by atoms with van der Waals surface area (Å²) < 4.78 is 28.9. The van der Waals surface area contributed by atoms with Crippen LogP contribution in [0.15, 0.2) is 53.4 Å². The van der Waals surface area contributed by atoms with Crippen molar-refractivity contribution in [3.63, 3.8) is 0 Å². The average Bonchev–Trinajstić information content (AvgIpc) is 3.42. The topological polar surface area (TPSA) is 88.6 Å². The van der Waals surface area contributed by atoms with Gasteiger partial charge < -0.3 is 10.1 Å². The van der Waals surface area contributed by atoms with Gasteiger partial charge in [0.15, 0.2) is 0 Å². The first-order valence-corrected chi connectivity index (χ1v) is 12.2. The Balaban J connectivity index is 1.25. The molecule has 0 bridgehead atoms. The molecule has 3 aromatic rings. The number of thioether (sulfide) groups is 1. The number of amides is 3. The van der Waals surface area contributed by atoms with Crippen LogP contribution >= 0.6 is 11.8 Å². The van der Waals surface area contributed by atoms with Crippen LogP contribution in [-0.4, -0.2) is 46.6 Å². The molecule has 1 fully saturated rings. The van der Waals surface area contributed by atoms with Gasteiger partial charge in [-0.15, -0.1) is 0 Å². The van der Waals surface area contributed by atoms with E-state index in [1.54, 1.807) is 0 Å². The summed E-state index contributed by atoms with van der Waals surface area (Å²) in [5, 5.41) is 3.21. The molecular formula is C26H21F2N3O4S. The minimum atomic E-state index is -2.92. The normalized spacial score (nSPS) is 16.3. The van der Waals surface area contributed by atoms with Crippen LogP contribution in [0.3, 0.4) is 0 Å². The lowest BCUT2D eigenvalue weighted by Gasteiger charge is -2.15. The lowest BCUT2D eigenvalue weighted by Crippen LogP contribution is -2.37. The van der Waals surface area contributed by atoms with E-state index in [0.29, 0.717) is 11.1 Å². The predicted molar refractivity (Wildman–Crippen MR) is 132 cm³/mol. The number of aromatic nitrogens is 1. The number of halogens is 2. The number of rotatable bonds is 7. The smallest absolute Gasteiger partial charge is 0.387 e. The van der Waals surface area contributed by atoms with Crippen LogP contribution in [0.25, 0.3) is 17.0 Å². The molecule has 184 valence electrons. The number of nitrogens with zero attached hydrogens (tertiary/aromatic N) is 2. The highest BCUT2D eigenvalue weighted by atomic mass is 32.2. The van der Waals surface area contributed by atoms with E-state index in [-0.39, 0.29) is 29.7 Å². The molecular weight excluding hydrogens is 488 g/mol. The minimum absolute atomic E-state index is 0.00128. The number of carbonyl (C=O) groups excluding carboxylic acids is 3. The second-order valence-electron chi connectivity index (χ2n) is 8.32. The van der Waals surface area contributed by atoms with Gasteiger partial charge in [-0.25, -0.2) is 0 Å². The fourth-order valence-corrected chi connectivity index (χ4v) is 5.29. The number of fused-ring (bicyclic) bond motifs is 2. The summed E-state index contributed by atoms with van der Waals surface area (Å²) in [4.78, 5) is 44.4. The Morgan fingerprint density at radius 3 is 2.69 bits per heavy atom. The lowest BCUT2D eigenvalue weighted by molar-refractivity contribution is -0.122. The van der Waals surface area contributed by atoms with Crippen LogP contribution in [0.4, 0.5) is 13.6 Å². The molecule has 2 aliphatic rings. The van der Waals surface area contributed by atoms with Gasteiger partial charge in [0.25, 0.3) is 17.1 Å². The van der Waals surface area contributed by atoms with Crippen molar-refractivity contribution < 1.29 is 27.9 Å². The van der Waals surface area contributed by atoms with Crippen LogP contribution in [0.2, 0.25) is 0 Å². The van der Waals surface area contributed by atoms with Crippen molar-refractivity contribution in [3.05, 3.63) is 75.8 Å². The summed E-state index contributed by atoms with van der Waals surface area (Å²) in [5.41, 5.74) is 3.86. The van der Waals surface area contributed by atoms with Crippen molar-refractivity contribution in [2.24, 2.45) is 0 Å². The Labute approximate surface area is 209 Å². The number of pyridine rings is 1. The van der Waals surface area contributed by atoms with Gasteiger partial charge in [-0.2, -0.15) is 8.78 Å². The van der Waals surface area contributed by atoms with Gasteiger partial charge in [0, 0.05) is 24.2 Å². The van der Waals surface area contributed by atoms with E-state index >= 15 is 0 Å². The summed E-state index contributed by atoms with van der Waals surface area (Å²) in [6.45, 7) is -2.79. The molecule has 0 saturated carbocycles. The van der Waals surface area contributed by atoms with Crippen molar-refractivity contribution in [2.75, 3.05) is 13.1 Å². The van der Waals surface area contributed by atoms with Crippen molar-refractivity contribution in [1.29, 1.82) is 0 Å². The van der Waals surface area contributed by atoms with Crippen molar-refractivity contribution in [3.8, 4) is 5.75 Å². The van der Waals surface area contributed by atoms with Gasteiger partial charge in [0.1, 0.15) is 5.75 Å².